The number of hydrogen-bond donors (Lipinski definition) is 1. The first-order valence-corrected chi connectivity index (χ1v) is 8.00. The number of rotatable bonds is 4. The Kier molecular flexibility index (Phi) is 4.71. The number of nitrogens with one attached hydrogen (secondary N) is 1. The van der Waals surface area contributed by atoms with Crippen LogP contribution in [0.5, 0.6) is 0 Å². The molecule has 24 heavy (non-hydrogen) atoms. The number of benzene rings is 1. The van der Waals surface area contributed by atoms with Gasteiger partial charge in [-0.1, -0.05) is 29.8 Å². The minimum atomic E-state index is -0.556. The maximum Gasteiger partial charge on any atom is 0.338 e. The fourth-order valence-electron chi connectivity index (χ4n) is 2.61. The molecule has 0 saturated carbocycles. The SMILES string of the molecule is CCOC(=O)C1=C(C)NC(c2ccco2)=N[C@@H]1c1ccccc1Cl. The normalized spacial score (nSPS) is 17.3. The van der Waals surface area contributed by atoms with Crippen molar-refractivity contribution in [3.63, 3.8) is 0 Å². The smallest absolute Gasteiger partial charge is 0.338 e. The zero-order valence-electron chi connectivity index (χ0n) is 13.4. The third-order valence-electron chi connectivity index (χ3n) is 3.69. The van der Waals surface area contributed by atoms with Gasteiger partial charge in [-0.05, 0) is 32.0 Å². The molecule has 1 aromatic heterocycles. The molecule has 124 valence electrons. The Balaban J connectivity index is 2.10. The number of ether oxygens (including phenoxy) is 1. The van der Waals surface area contributed by atoms with Crippen molar-refractivity contribution in [2.75, 3.05) is 6.61 Å². The monoisotopic (exact) mass is 344 g/mol. The number of esters is 1. The maximum absolute atomic E-state index is 12.4. The first-order valence-electron chi connectivity index (χ1n) is 7.62. The molecule has 6 heteroatoms. The quantitative estimate of drug-likeness (QED) is 0.855. The van der Waals surface area contributed by atoms with Gasteiger partial charge in [-0.3, -0.25) is 4.99 Å². The van der Waals surface area contributed by atoms with Crippen molar-refractivity contribution in [1.29, 1.82) is 0 Å². The van der Waals surface area contributed by atoms with Gasteiger partial charge in [-0.25, -0.2) is 4.79 Å². The van der Waals surface area contributed by atoms with E-state index in [1.54, 1.807) is 31.4 Å². The standard InChI is InChI=1S/C18H17ClN2O3/c1-3-23-18(22)15-11(2)20-17(14-9-6-10-24-14)21-16(15)12-7-4-5-8-13(12)19/h4-10,16H,3H2,1-2H3,(H,20,21)/t16-/m1/s1. The lowest BCUT2D eigenvalue weighted by atomic mass is 9.96. The molecular weight excluding hydrogens is 328 g/mol. The summed E-state index contributed by atoms with van der Waals surface area (Å²) in [6.45, 7) is 3.87. The first kappa shape index (κ1) is 16.3. The van der Waals surface area contributed by atoms with Gasteiger partial charge in [0.1, 0.15) is 6.04 Å². The highest BCUT2D eigenvalue weighted by atomic mass is 35.5. The molecule has 3 rings (SSSR count). The second kappa shape index (κ2) is 6.93. The van der Waals surface area contributed by atoms with Crippen molar-refractivity contribution >= 4 is 23.4 Å². The van der Waals surface area contributed by atoms with Gasteiger partial charge < -0.3 is 14.5 Å². The molecule has 0 radical (unpaired) electrons. The van der Waals surface area contributed by atoms with Crippen molar-refractivity contribution in [3.8, 4) is 0 Å². The Labute approximate surface area is 145 Å². The summed E-state index contributed by atoms with van der Waals surface area (Å²) in [4.78, 5) is 17.1. The van der Waals surface area contributed by atoms with Crippen molar-refractivity contribution in [1.82, 2.24) is 5.32 Å². The lowest BCUT2D eigenvalue weighted by Gasteiger charge is -2.25. The van der Waals surface area contributed by atoms with Crippen LogP contribution in [-0.4, -0.2) is 18.4 Å². The van der Waals surface area contributed by atoms with Crippen molar-refractivity contribution in [2.24, 2.45) is 4.99 Å². The van der Waals surface area contributed by atoms with E-state index in [-0.39, 0.29) is 0 Å². The van der Waals surface area contributed by atoms with Crippen molar-refractivity contribution < 1.29 is 13.9 Å². The van der Waals surface area contributed by atoms with Gasteiger partial charge >= 0.3 is 5.97 Å². The molecule has 0 unspecified atom stereocenters. The van der Waals surface area contributed by atoms with E-state index >= 15 is 0 Å². The molecular formula is C18H17ClN2O3. The van der Waals surface area contributed by atoms with Gasteiger partial charge in [0.15, 0.2) is 11.6 Å². The van der Waals surface area contributed by atoms with Gasteiger partial charge in [0.05, 0.1) is 18.4 Å². The van der Waals surface area contributed by atoms with Crippen LogP contribution in [-0.2, 0) is 9.53 Å². The number of allylic oxidation sites excluding steroid dienone is 1. The molecule has 0 spiro atoms. The van der Waals surface area contributed by atoms with Gasteiger partial charge in [0, 0.05) is 16.3 Å². The van der Waals surface area contributed by atoms with E-state index in [1.165, 1.54) is 0 Å². The molecule has 0 amide bonds. The number of amidine groups is 1. The number of carbonyl (C=O) groups is 1. The summed E-state index contributed by atoms with van der Waals surface area (Å²) >= 11 is 6.34. The number of furan rings is 1. The minimum absolute atomic E-state index is 0.291. The molecule has 1 aliphatic heterocycles. The molecule has 1 atom stereocenters. The average molecular weight is 345 g/mol. The van der Waals surface area contributed by atoms with E-state index < -0.39 is 12.0 Å². The number of carbonyl (C=O) groups excluding carboxylic acids is 1. The molecule has 0 bridgehead atoms. The lowest BCUT2D eigenvalue weighted by Crippen LogP contribution is -2.32. The summed E-state index contributed by atoms with van der Waals surface area (Å²) in [7, 11) is 0. The maximum atomic E-state index is 12.4. The highest BCUT2D eigenvalue weighted by molar-refractivity contribution is 6.31. The zero-order valence-corrected chi connectivity index (χ0v) is 14.1. The number of halogens is 1. The molecule has 5 nitrogen and oxygen atoms in total. The van der Waals surface area contributed by atoms with E-state index in [0.29, 0.717) is 34.5 Å². The lowest BCUT2D eigenvalue weighted by molar-refractivity contribution is -0.138. The zero-order chi connectivity index (χ0) is 17.1. The first-order chi connectivity index (χ1) is 11.6. The Bertz CT molecular complexity index is 809. The molecule has 2 aromatic rings. The van der Waals surface area contributed by atoms with Crippen LogP contribution in [0, 0.1) is 0 Å². The van der Waals surface area contributed by atoms with Crippen LogP contribution < -0.4 is 5.32 Å². The van der Waals surface area contributed by atoms with Crippen LogP contribution in [0.2, 0.25) is 5.02 Å². The summed E-state index contributed by atoms with van der Waals surface area (Å²) < 4.78 is 10.6. The summed E-state index contributed by atoms with van der Waals surface area (Å²) in [5, 5.41) is 3.66. The van der Waals surface area contributed by atoms with Crippen molar-refractivity contribution in [3.05, 3.63) is 70.3 Å². The Hall–Kier alpha value is -2.53. The van der Waals surface area contributed by atoms with E-state index in [0.717, 1.165) is 5.56 Å². The second-order valence-corrected chi connectivity index (χ2v) is 5.67. The van der Waals surface area contributed by atoms with E-state index in [1.807, 2.05) is 25.1 Å². The average Bonchev–Trinajstić information content (AvgIpc) is 3.09. The summed E-state index contributed by atoms with van der Waals surface area (Å²) in [5.41, 5.74) is 1.85. The molecule has 0 aliphatic carbocycles. The highest BCUT2D eigenvalue weighted by Crippen LogP contribution is 2.35. The number of aliphatic imine (C=N–C) groups is 1. The van der Waals surface area contributed by atoms with Gasteiger partial charge in [-0.15, -0.1) is 0 Å². The predicted octanol–water partition coefficient (Wildman–Crippen LogP) is 3.86. The highest BCUT2D eigenvalue weighted by Gasteiger charge is 2.32. The molecule has 1 aromatic carbocycles. The molecule has 1 aliphatic rings. The topological polar surface area (TPSA) is 63.8 Å². The van der Waals surface area contributed by atoms with Crippen LogP contribution in [0.4, 0.5) is 0 Å². The van der Waals surface area contributed by atoms with Gasteiger partial charge in [0.2, 0.25) is 0 Å². The Morgan fingerprint density at radius 3 is 2.79 bits per heavy atom. The van der Waals surface area contributed by atoms with Crippen molar-refractivity contribution in [2.45, 2.75) is 19.9 Å². The van der Waals surface area contributed by atoms with E-state index in [9.17, 15) is 4.79 Å². The Morgan fingerprint density at radius 1 is 1.33 bits per heavy atom. The Morgan fingerprint density at radius 2 is 2.12 bits per heavy atom. The molecule has 2 heterocycles. The van der Waals surface area contributed by atoms with Crippen LogP contribution >= 0.6 is 11.6 Å². The fraction of sp³-hybridized carbons (Fsp3) is 0.222. The summed E-state index contributed by atoms with van der Waals surface area (Å²) in [6, 6.07) is 10.4. The molecule has 1 N–H and O–H groups in total. The van der Waals surface area contributed by atoms with E-state index in [4.69, 9.17) is 20.8 Å². The van der Waals surface area contributed by atoms with Gasteiger partial charge in [-0.2, -0.15) is 0 Å². The largest absolute Gasteiger partial charge is 0.463 e. The third-order valence-corrected chi connectivity index (χ3v) is 4.04. The number of hydrogen-bond acceptors (Lipinski definition) is 5. The second-order valence-electron chi connectivity index (χ2n) is 5.26. The molecule has 0 fully saturated rings. The van der Waals surface area contributed by atoms with Crippen LogP contribution in [0.3, 0.4) is 0 Å². The minimum Gasteiger partial charge on any atom is -0.463 e. The summed E-state index contributed by atoms with van der Waals surface area (Å²) in [6.07, 6.45) is 1.57. The van der Waals surface area contributed by atoms with E-state index in [2.05, 4.69) is 10.3 Å². The van der Waals surface area contributed by atoms with Crippen LogP contribution in [0.25, 0.3) is 0 Å². The molecule has 0 saturated heterocycles. The van der Waals surface area contributed by atoms with Crippen LogP contribution in [0.15, 0.2) is 63.3 Å². The fourth-order valence-corrected chi connectivity index (χ4v) is 2.85. The number of nitrogens with zero attached hydrogens (tertiary/aromatic N) is 1. The van der Waals surface area contributed by atoms with Crippen LogP contribution in [0.1, 0.15) is 31.2 Å². The third kappa shape index (κ3) is 3.08. The van der Waals surface area contributed by atoms with Gasteiger partial charge in [0.25, 0.3) is 0 Å². The predicted molar refractivity (Wildman–Crippen MR) is 91.9 cm³/mol. The summed E-state index contributed by atoms with van der Waals surface area (Å²) in [5.74, 6) is 0.736.